The monoisotopic (exact) mass is 476 g/mol. The standard InChI is InChI=1S/C25H21BrN2O3/c1-15-7-8-27-24(9-15)28-25(29)10-16(2)19-12-20-21(17-5-4-6-18(26)11-17)14-31-23(20)13-22(19)30-3/h4-14H,1-3H3,(H,27,28,29)/b16-10+. The Bertz CT molecular complexity index is 1310. The molecule has 0 aliphatic carbocycles. The molecule has 6 heteroatoms. The van der Waals surface area contributed by atoms with Crippen LogP contribution in [0.4, 0.5) is 5.82 Å². The number of aromatic nitrogens is 1. The molecule has 0 saturated heterocycles. The number of methoxy groups -OCH3 is 1. The molecule has 0 aliphatic rings. The van der Waals surface area contributed by atoms with Crippen LogP contribution in [0.1, 0.15) is 18.1 Å². The molecule has 0 atom stereocenters. The molecular weight excluding hydrogens is 456 g/mol. The molecule has 0 spiro atoms. The molecule has 2 aromatic carbocycles. The quantitative estimate of drug-likeness (QED) is 0.328. The lowest BCUT2D eigenvalue weighted by molar-refractivity contribution is -0.111. The second kappa shape index (κ2) is 8.78. The van der Waals surface area contributed by atoms with Gasteiger partial charge in [0.2, 0.25) is 5.91 Å². The highest BCUT2D eigenvalue weighted by Gasteiger charge is 2.15. The molecule has 156 valence electrons. The smallest absolute Gasteiger partial charge is 0.249 e. The highest BCUT2D eigenvalue weighted by atomic mass is 79.9. The van der Waals surface area contributed by atoms with E-state index in [9.17, 15) is 4.79 Å². The number of pyridine rings is 1. The number of hydrogen-bond acceptors (Lipinski definition) is 4. The number of rotatable bonds is 5. The topological polar surface area (TPSA) is 64.4 Å². The maximum Gasteiger partial charge on any atom is 0.249 e. The Morgan fingerprint density at radius 2 is 2.03 bits per heavy atom. The van der Waals surface area contributed by atoms with Gasteiger partial charge in [-0.25, -0.2) is 4.98 Å². The lowest BCUT2D eigenvalue weighted by Gasteiger charge is -2.10. The zero-order valence-corrected chi connectivity index (χ0v) is 19.0. The minimum atomic E-state index is -0.253. The van der Waals surface area contributed by atoms with Crippen molar-refractivity contribution in [2.24, 2.45) is 0 Å². The first-order valence-corrected chi connectivity index (χ1v) is 10.5. The highest BCUT2D eigenvalue weighted by Crippen LogP contribution is 2.37. The molecule has 4 rings (SSSR count). The van der Waals surface area contributed by atoms with E-state index in [1.807, 2.05) is 62.4 Å². The Kier molecular flexibility index (Phi) is 5.91. The zero-order valence-electron chi connectivity index (χ0n) is 17.4. The molecule has 0 saturated carbocycles. The van der Waals surface area contributed by atoms with Crippen LogP contribution < -0.4 is 10.1 Å². The molecule has 0 fully saturated rings. The summed E-state index contributed by atoms with van der Waals surface area (Å²) in [5.41, 5.74) is 5.34. The third-order valence-corrected chi connectivity index (χ3v) is 5.46. The van der Waals surface area contributed by atoms with Crippen LogP contribution in [0.3, 0.4) is 0 Å². The molecule has 5 nitrogen and oxygen atoms in total. The van der Waals surface area contributed by atoms with Crippen molar-refractivity contribution in [1.82, 2.24) is 4.98 Å². The molecule has 0 unspecified atom stereocenters. The largest absolute Gasteiger partial charge is 0.496 e. The van der Waals surface area contributed by atoms with Gasteiger partial charge in [-0.1, -0.05) is 28.1 Å². The lowest BCUT2D eigenvalue weighted by Crippen LogP contribution is -2.10. The van der Waals surface area contributed by atoms with Gasteiger partial charge in [0.1, 0.15) is 17.2 Å². The molecule has 2 heterocycles. The van der Waals surface area contributed by atoms with Crippen LogP contribution in [-0.2, 0) is 4.79 Å². The number of allylic oxidation sites excluding steroid dienone is 1. The van der Waals surface area contributed by atoms with Crippen molar-refractivity contribution in [1.29, 1.82) is 0 Å². The molecular formula is C25H21BrN2O3. The zero-order chi connectivity index (χ0) is 22.0. The average Bonchev–Trinajstić information content (AvgIpc) is 3.15. The first-order valence-electron chi connectivity index (χ1n) is 9.72. The van der Waals surface area contributed by atoms with Crippen LogP contribution in [0.15, 0.2) is 76.0 Å². The van der Waals surface area contributed by atoms with Gasteiger partial charge < -0.3 is 14.5 Å². The van der Waals surface area contributed by atoms with Gasteiger partial charge in [-0.2, -0.15) is 0 Å². The number of aryl methyl sites for hydroxylation is 1. The van der Waals surface area contributed by atoms with E-state index in [2.05, 4.69) is 26.2 Å². The van der Waals surface area contributed by atoms with E-state index in [0.29, 0.717) is 11.6 Å². The number of carbonyl (C=O) groups excluding carboxylic acids is 1. The number of amides is 1. The van der Waals surface area contributed by atoms with Gasteiger partial charge in [-0.15, -0.1) is 0 Å². The predicted molar refractivity (Wildman–Crippen MR) is 127 cm³/mol. The maximum absolute atomic E-state index is 12.6. The summed E-state index contributed by atoms with van der Waals surface area (Å²) in [6.45, 7) is 3.83. The molecule has 0 bridgehead atoms. The maximum atomic E-state index is 12.6. The van der Waals surface area contributed by atoms with Gasteiger partial charge in [-0.05, 0) is 60.9 Å². The Balaban J connectivity index is 1.72. The number of furan rings is 1. The minimum absolute atomic E-state index is 0.253. The van der Waals surface area contributed by atoms with E-state index < -0.39 is 0 Å². The molecule has 0 radical (unpaired) electrons. The summed E-state index contributed by atoms with van der Waals surface area (Å²) < 4.78 is 12.4. The van der Waals surface area contributed by atoms with E-state index in [1.165, 1.54) is 0 Å². The minimum Gasteiger partial charge on any atom is -0.496 e. The van der Waals surface area contributed by atoms with Crippen LogP contribution in [0.2, 0.25) is 0 Å². The number of fused-ring (bicyclic) bond motifs is 1. The third kappa shape index (κ3) is 4.54. The Labute approximate surface area is 188 Å². The summed E-state index contributed by atoms with van der Waals surface area (Å²) in [5.74, 6) is 0.901. The van der Waals surface area contributed by atoms with Crippen LogP contribution in [-0.4, -0.2) is 18.0 Å². The van der Waals surface area contributed by atoms with E-state index >= 15 is 0 Å². The van der Waals surface area contributed by atoms with E-state index in [-0.39, 0.29) is 5.91 Å². The Morgan fingerprint density at radius 1 is 1.19 bits per heavy atom. The molecule has 31 heavy (non-hydrogen) atoms. The number of nitrogens with one attached hydrogen (secondary N) is 1. The normalized spacial score (nSPS) is 11.5. The number of halogens is 1. The molecule has 2 aromatic heterocycles. The second-order valence-electron chi connectivity index (χ2n) is 7.24. The van der Waals surface area contributed by atoms with Gasteiger partial charge in [0, 0.05) is 39.3 Å². The van der Waals surface area contributed by atoms with Crippen molar-refractivity contribution in [2.45, 2.75) is 13.8 Å². The summed E-state index contributed by atoms with van der Waals surface area (Å²) in [6.07, 6.45) is 4.96. The number of nitrogens with zero attached hydrogens (tertiary/aromatic N) is 1. The summed E-state index contributed by atoms with van der Waals surface area (Å²) in [7, 11) is 1.60. The number of hydrogen-bond donors (Lipinski definition) is 1. The van der Waals surface area contributed by atoms with E-state index in [1.54, 1.807) is 25.6 Å². The number of benzene rings is 2. The van der Waals surface area contributed by atoms with E-state index in [4.69, 9.17) is 9.15 Å². The lowest BCUT2D eigenvalue weighted by atomic mass is 9.99. The fourth-order valence-electron chi connectivity index (χ4n) is 3.45. The summed E-state index contributed by atoms with van der Waals surface area (Å²) in [6, 6.07) is 15.6. The summed E-state index contributed by atoms with van der Waals surface area (Å²) in [5, 5.41) is 3.75. The number of carbonyl (C=O) groups is 1. The summed E-state index contributed by atoms with van der Waals surface area (Å²) in [4.78, 5) is 16.7. The third-order valence-electron chi connectivity index (χ3n) is 4.97. The van der Waals surface area contributed by atoms with Crippen LogP contribution in [0.5, 0.6) is 5.75 Å². The fraction of sp³-hybridized carbons (Fsp3) is 0.120. The van der Waals surface area contributed by atoms with Crippen molar-refractivity contribution in [3.8, 4) is 16.9 Å². The van der Waals surface area contributed by atoms with Crippen LogP contribution in [0, 0.1) is 6.92 Å². The van der Waals surface area contributed by atoms with Gasteiger partial charge >= 0.3 is 0 Å². The van der Waals surface area contributed by atoms with Crippen molar-refractivity contribution in [3.05, 3.63) is 82.7 Å². The van der Waals surface area contributed by atoms with Gasteiger partial charge in [-0.3, -0.25) is 4.79 Å². The highest BCUT2D eigenvalue weighted by molar-refractivity contribution is 9.10. The predicted octanol–water partition coefficient (Wildman–Crippen LogP) is 6.62. The Hall–Kier alpha value is -3.38. The first kappa shape index (κ1) is 20.9. The van der Waals surface area contributed by atoms with Crippen molar-refractivity contribution in [2.75, 3.05) is 12.4 Å². The van der Waals surface area contributed by atoms with Crippen molar-refractivity contribution >= 4 is 44.2 Å². The summed E-state index contributed by atoms with van der Waals surface area (Å²) >= 11 is 3.52. The molecule has 1 N–H and O–H groups in total. The molecule has 4 aromatic rings. The average molecular weight is 477 g/mol. The number of ether oxygens (including phenoxy) is 1. The fourth-order valence-corrected chi connectivity index (χ4v) is 3.85. The van der Waals surface area contributed by atoms with Gasteiger partial charge in [0.15, 0.2) is 0 Å². The number of anilines is 1. The van der Waals surface area contributed by atoms with Crippen molar-refractivity contribution in [3.63, 3.8) is 0 Å². The van der Waals surface area contributed by atoms with Crippen LogP contribution in [0.25, 0.3) is 27.7 Å². The van der Waals surface area contributed by atoms with E-state index in [0.717, 1.165) is 43.3 Å². The van der Waals surface area contributed by atoms with Crippen LogP contribution >= 0.6 is 15.9 Å². The Morgan fingerprint density at radius 3 is 2.77 bits per heavy atom. The van der Waals surface area contributed by atoms with Gasteiger partial charge in [0.25, 0.3) is 0 Å². The SMILES string of the molecule is COc1cc2occ(-c3cccc(Br)c3)c2cc1/C(C)=C/C(=O)Nc1cc(C)ccn1. The molecule has 1 amide bonds. The second-order valence-corrected chi connectivity index (χ2v) is 8.16. The van der Waals surface area contributed by atoms with Crippen molar-refractivity contribution < 1.29 is 13.9 Å². The molecule has 0 aliphatic heterocycles. The first-order chi connectivity index (χ1) is 14.9. The van der Waals surface area contributed by atoms with Gasteiger partial charge in [0.05, 0.1) is 13.4 Å².